The summed E-state index contributed by atoms with van der Waals surface area (Å²) in [6, 6.07) is 36.1. The smallest absolute Gasteiger partial charge is 0.125 e. The average molecular weight is 404 g/mol. The van der Waals surface area contributed by atoms with E-state index in [0.29, 0.717) is 13.2 Å². The van der Waals surface area contributed by atoms with E-state index in [2.05, 4.69) is 115 Å². The topological polar surface area (TPSA) is 21.3 Å². The minimum Gasteiger partial charge on any atom is -0.489 e. The molecular weight excluding hydrogens is 378 g/mol. The molecule has 0 fully saturated rings. The molecule has 0 heterocycles. The highest BCUT2D eigenvalue weighted by Crippen LogP contribution is 2.31. The second-order valence-electron chi connectivity index (χ2n) is 7.92. The van der Waals surface area contributed by atoms with Crippen molar-refractivity contribution in [1.82, 2.24) is 0 Å². The lowest BCUT2D eigenvalue weighted by Gasteiger charge is -2.17. The van der Waals surface area contributed by atoms with Gasteiger partial charge in [0.1, 0.15) is 12.4 Å². The van der Waals surface area contributed by atoms with Crippen LogP contribution in [-0.2, 0) is 13.2 Å². The molecule has 0 radical (unpaired) electrons. The number of hydrogen-bond donors (Lipinski definition) is 1. The van der Waals surface area contributed by atoms with Crippen LogP contribution in [-0.4, -0.2) is 0 Å². The number of nitrogens with one attached hydrogen (secondary N) is 1. The summed E-state index contributed by atoms with van der Waals surface area (Å²) in [7, 11) is 0. The van der Waals surface area contributed by atoms with Crippen LogP contribution in [0.5, 0.6) is 5.75 Å². The number of fused-ring (bicyclic) bond motifs is 2. The van der Waals surface area contributed by atoms with E-state index in [-0.39, 0.29) is 0 Å². The Morgan fingerprint density at radius 2 is 1.32 bits per heavy atom. The molecule has 0 unspecified atom stereocenters. The minimum absolute atomic E-state index is 0.555. The lowest BCUT2D eigenvalue weighted by molar-refractivity contribution is 0.304. The Balaban J connectivity index is 1.46. The Kier molecular flexibility index (Phi) is 5.28. The quantitative estimate of drug-likeness (QED) is 0.317. The maximum atomic E-state index is 6.31. The van der Waals surface area contributed by atoms with E-state index in [1.807, 2.05) is 0 Å². The molecule has 31 heavy (non-hydrogen) atoms. The highest BCUT2D eigenvalue weighted by atomic mass is 16.5. The zero-order valence-electron chi connectivity index (χ0n) is 17.6. The van der Waals surface area contributed by atoms with Gasteiger partial charge in [-0.3, -0.25) is 0 Å². The standard InChI is InChI=1S/C29H25NO/c1-21-13-15-22(16-14-21)20-31-29-18-17-24-8-2-4-10-25(24)27(29)19-30-28-12-6-9-23-7-3-5-11-26(23)28/h2-18,30H,19-20H2,1H3. The molecule has 0 aliphatic heterocycles. The predicted molar refractivity (Wildman–Crippen MR) is 131 cm³/mol. The Morgan fingerprint density at radius 3 is 2.13 bits per heavy atom. The molecule has 0 aromatic heterocycles. The Bertz CT molecular complexity index is 1330. The second kappa shape index (κ2) is 8.53. The molecule has 0 atom stereocenters. The van der Waals surface area contributed by atoms with Gasteiger partial charge >= 0.3 is 0 Å². The van der Waals surface area contributed by atoms with Gasteiger partial charge < -0.3 is 10.1 Å². The molecule has 0 saturated carbocycles. The zero-order valence-corrected chi connectivity index (χ0v) is 17.6. The van der Waals surface area contributed by atoms with Crippen LogP contribution in [0.3, 0.4) is 0 Å². The largest absolute Gasteiger partial charge is 0.489 e. The number of ether oxygens (including phenoxy) is 1. The number of hydrogen-bond acceptors (Lipinski definition) is 2. The molecule has 0 saturated heterocycles. The molecule has 0 aliphatic rings. The third-order valence-electron chi connectivity index (χ3n) is 5.76. The van der Waals surface area contributed by atoms with Crippen molar-refractivity contribution in [2.24, 2.45) is 0 Å². The highest BCUT2D eigenvalue weighted by molar-refractivity contribution is 5.94. The van der Waals surface area contributed by atoms with E-state index < -0.39 is 0 Å². The molecule has 1 N–H and O–H groups in total. The molecule has 5 aromatic carbocycles. The summed E-state index contributed by atoms with van der Waals surface area (Å²) in [6.07, 6.45) is 0. The molecular formula is C29H25NO. The van der Waals surface area contributed by atoms with E-state index in [1.165, 1.54) is 38.2 Å². The van der Waals surface area contributed by atoms with Crippen LogP contribution in [0.1, 0.15) is 16.7 Å². The van der Waals surface area contributed by atoms with Crippen LogP contribution < -0.4 is 10.1 Å². The Labute approximate surface area is 183 Å². The van der Waals surface area contributed by atoms with E-state index in [1.54, 1.807) is 0 Å². The van der Waals surface area contributed by atoms with Gasteiger partial charge in [-0.2, -0.15) is 0 Å². The summed E-state index contributed by atoms with van der Waals surface area (Å²) >= 11 is 0. The summed E-state index contributed by atoms with van der Waals surface area (Å²) in [4.78, 5) is 0. The second-order valence-corrected chi connectivity index (χ2v) is 7.92. The summed E-state index contributed by atoms with van der Waals surface area (Å²) in [5.41, 5.74) is 4.75. The van der Waals surface area contributed by atoms with Crippen LogP contribution >= 0.6 is 0 Å². The van der Waals surface area contributed by atoms with Crippen molar-refractivity contribution >= 4 is 27.2 Å². The molecule has 5 aromatic rings. The maximum absolute atomic E-state index is 6.31. The summed E-state index contributed by atoms with van der Waals surface area (Å²) in [5.74, 6) is 0.923. The Hall–Kier alpha value is -3.78. The normalized spacial score (nSPS) is 11.0. The van der Waals surface area contributed by atoms with Crippen molar-refractivity contribution in [3.8, 4) is 5.75 Å². The number of aryl methyl sites for hydroxylation is 1. The van der Waals surface area contributed by atoms with Gasteiger partial charge in [-0.25, -0.2) is 0 Å². The molecule has 0 aliphatic carbocycles. The highest BCUT2D eigenvalue weighted by Gasteiger charge is 2.10. The summed E-state index contributed by atoms with van der Waals surface area (Å²) in [6.45, 7) is 3.35. The summed E-state index contributed by atoms with van der Waals surface area (Å²) in [5, 5.41) is 8.57. The van der Waals surface area contributed by atoms with Crippen LogP contribution in [0.15, 0.2) is 103 Å². The van der Waals surface area contributed by atoms with Crippen molar-refractivity contribution in [1.29, 1.82) is 0 Å². The van der Waals surface area contributed by atoms with Gasteiger partial charge in [-0.15, -0.1) is 0 Å². The average Bonchev–Trinajstić information content (AvgIpc) is 2.82. The molecule has 0 bridgehead atoms. The number of anilines is 1. The molecule has 2 heteroatoms. The predicted octanol–water partition coefficient (Wildman–Crippen LogP) is 7.49. The first-order chi connectivity index (χ1) is 15.3. The van der Waals surface area contributed by atoms with Crippen LogP contribution in [0.4, 0.5) is 5.69 Å². The summed E-state index contributed by atoms with van der Waals surface area (Å²) < 4.78 is 6.31. The van der Waals surface area contributed by atoms with Gasteiger partial charge in [-0.1, -0.05) is 96.6 Å². The first kappa shape index (κ1) is 19.2. The van der Waals surface area contributed by atoms with Gasteiger partial charge in [0, 0.05) is 23.2 Å². The van der Waals surface area contributed by atoms with Gasteiger partial charge in [0.15, 0.2) is 0 Å². The fourth-order valence-corrected chi connectivity index (χ4v) is 4.04. The Morgan fingerprint density at radius 1 is 0.645 bits per heavy atom. The van der Waals surface area contributed by atoms with Crippen molar-refractivity contribution in [3.63, 3.8) is 0 Å². The van der Waals surface area contributed by atoms with Crippen molar-refractivity contribution in [2.75, 3.05) is 5.32 Å². The lowest BCUT2D eigenvalue weighted by Crippen LogP contribution is -2.05. The number of rotatable bonds is 6. The third kappa shape index (κ3) is 4.10. The minimum atomic E-state index is 0.555. The fraction of sp³-hybridized carbons (Fsp3) is 0.103. The van der Waals surface area contributed by atoms with Crippen LogP contribution in [0.25, 0.3) is 21.5 Å². The van der Waals surface area contributed by atoms with Crippen molar-refractivity contribution in [3.05, 3.63) is 120 Å². The van der Waals surface area contributed by atoms with E-state index in [4.69, 9.17) is 4.74 Å². The first-order valence-electron chi connectivity index (χ1n) is 10.7. The van der Waals surface area contributed by atoms with Gasteiger partial charge in [0.05, 0.1) is 0 Å². The monoisotopic (exact) mass is 403 g/mol. The van der Waals surface area contributed by atoms with E-state index >= 15 is 0 Å². The molecule has 2 nitrogen and oxygen atoms in total. The third-order valence-corrected chi connectivity index (χ3v) is 5.76. The van der Waals surface area contributed by atoms with E-state index in [0.717, 1.165) is 11.4 Å². The zero-order chi connectivity index (χ0) is 21.0. The van der Waals surface area contributed by atoms with Crippen LogP contribution in [0.2, 0.25) is 0 Å². The fourth-order valence-electron chi connectivity index (χ4n) is 4.04. The lowest BCUT2D eigenvalue weighted by atomic mass is 10.0. The first-order valence-corrected chi connectivity index (χ1v) is 10.7. The van der Waals surface area contributed by atoms with Crippen molar-refractivity contribution in [2.45, 2.75) is 20.1 Å². The van der Waals surface area contributed by atoms with Gasteiger partial charge in [-0.05, 0) is 40.8 Å². The van der Waals surface area contributed by atoms with Gasteiger partial charge in [0.25, 0.3) is 0 Å². The van der Waals surface area contributed by atoms with E-state index in [9.17, 15) is 0 Å². The maximum Gasteiger partial charge on any atom is 0.125 e. The van der Waals surface area contributed by atoms with Crippen LogP contribution in [0, 0.1) is 6.92 Å². The molecule has 152 valence electrons. The molecule has 5 rings (SSSR count). The SMILES string of the molecule is Cc1ccc(COc2ccc3ccccc3c2CNc2cccc3ccccc23)cc1. The molecule has 0 spiro atoms. The van der Waals surface area contributed by atoms with Gasteiger partial charge in [0.2, 0.25) is 0 Å². The number of benzene rings is 5. The molecule has 0 amide bonds. The van der Waals surface area contributed by atoms with Crippen molar-refractivity contribution < 1.29 is 4.74 Å².